The fraction of sp³-hybridized carbons (Fsp3) is 0.333. The first-order valence-corrected chi connectivity index (χ1v) is 5.40. The first-order valence-electron chi connectivity index (χ1n) is 5.40. The molecule has 5 heteroatoms. The summed E-state index contributed by atoms with van der Waals surface area (Å²) in [5, 5.41) is 4.21. The zero-order chi connectivity index (χ0) is 12.4. The van der Waals surface area contributed by atoms with E-state index in [9.17, 15) is 4.39 Å². The summed E-state index contributed by atoms with van der Waals surface area (Å²) in [6.07, 6.45) is 0.713. The molecule has 0 saturated heterocycles. The Bertz CT molecular complexity index is 537. The summed E-state index contributed by atoms with van der Waals surface area (Å²) < 4.78 is 20.6. The minimum Gasteiger partial charge on any atom is -0.496 e. The minimum atomic E-state index is -0.359. The molecule has 4 nitrogen and oxygen atoms in total. The number of nitrogens with zero attached hydrogens (tertiary/aromatic N) is 3. The van der Waals surface area contributed by atoms with Crippen LogP contribution in [-0.2, 0) is 13.5 Å². The topological polar surface area (TPSA) is 39.9 Å². The van der Waals surface area contributed by atoms with E-state index in [1.54, 1.807) is 23.9 Å². The van der Waals surface area contributed by atoms with Crippen LogP contribution in [-0.4, -0.2) is 21.9 Å². The summed E-state index contributed by atoms with van der Waals surface area (Å²) in [6.45, 7) is 1.96. The van der Waals surface area contributed by atoms with E-state index in [-0.39, 0.29) is 5.82 Å². The molecule has 0 saturated carbocycles. The average Bonchev–Trinajstić information content (AvgIpc) is 2.70. The van der Waals surface area contributed by atoms with Crippen molar-refractivity contribution >= 4 is 0 Å². The van der Waals surface area contributed by atoms with E-state index in [4.69, 9.17) is 4.74 Å². The van der Waals surface area contributed by atoms with Crippen molar-refractivity contribution in [1.29, 1.82) is 0 Å². The second-order valence-corrected chi connectivity index (χ2v) is 3.65. The molecule has 17 heavy (non-hydrogen) atoms. The number of aromatic nitrogens is 3. The second-order valence-electron chi connectivity index (χ2n) is 3.65. The predicted octanol–water partition coefficient (Wildman–Crippen LogP) is 2.19. The Morgan fingerprint density at radius 1 is 1.41 bits per heavy atom. The lowest BCUT2D eigenvalue weighted by Gasteiger charge is -2.07. The summed E-state index contributed by atoms with van der Waals surface area (Å²) in [5.41, 5.74) is 0.352. The number of ether oxygens (including phenoxy) is 1. The first-order chi connectivity index (χ1) is 8.17. The third-order valence-electron chi connectivity index (χ3n) is 2.54. The molecule has 2 aromatic rings. The van der Waals surface area contributed by atoms with Gasteiger partial charge in [-0.2, -0.15) is 5.10 Å². The van der Waals surface area contributed by atoms with Crippen molar-refractivity contribution in [1.82, 2.24) is 14.8 Å². The standard InChI is InChI=1S/C12H14FN3O/c1-4-10-14-12(16(2)15-10)11-8(13)6-5-7-9(11)17-3/h5-7H,4H2,1-3H3. The van der Waals surface area contributed by atoms with Gasteiger partial charge in [-0.25, -0.2) is 14.1 Å². The Morgan fingerprint density at radius 3 is 2.76 bits per heavy atom. The van der Waals surface area contributed by atoms with Gasteiger partial charge in [-0.3, -0.25) is 0 Å². The van der Waals surface area contributed by atoms with Crippen LogP contribution in [0.5, 0.6) is 5.75 Å². The van der Waals surface area contributed by atoms with E-state index >= 15 is 0 Å². The Balaban J connectivity index is 2.62. The molecule has 0 atom stereocenters. The first kappa shape index (κ1) is 11.6. The number of halogens is 1. The quantitative estimate of drug-likeness (QED) is 0.818. The molecule has 90 valence electrons. The smallest absolute Gasteiger partial charge is 0.164 e. The highest BCUT2D eigenvalue weighted by atomic mass is 19.1. The molecule has 0 aliphatic carbocycles. The van der Waals surface area contributed by atoms with Gasteiger partial charge in [0, 0.05) is 13.5 Å². The predicted molar refractivity (Wildman–Crippen MR) is 62.3 cm³/mol. The van der Waals surface area contributed by atoms with Gasteiger partial charge in [0.15, 0.2) is 11.6 Å². The van der Waals surface area contributed by atoms with E-state index in [1.165, 1.54) is 13.2 Å². The van der Waals surface area contributed by atoms with E-state index in [1.807, 2.05) is 6.92 Å². The van der Waals surface area contributed by atoms with Crippen LogP contribution in [0.15, 0.2) is 18.2 Å². The SMILES string of the molecule is CCc1nc(-c2c(F)cccc2OC)n(C)n1. The molecule has 1 aromatic carbocycles. The Morgan fingerprint density at radius 2 is 2.18 bits per heavy atom. The minimum absolute atomic E-state index is 0.352. The number of hydrogen-bond donors (Lipinski definition) is 0. The molecule has 1 heterocycles. The van der Waals surface area contributed by atoms with Crippen molar-refractivity contribution in [2.75, 3.05) is 7.11 Å². The normalized spacial score (nSPS) is 10.6. The third-order valence-corrected chi connectivity index (χ3v) is 2.54. The fourth-order valence-electron chi connectivity index (χ4n) is 1.70. The molecule has 0 unspecified atom stereocenters. The maximum Gasteiger partial charge on any atom is 0.164 e. The Hall–Kier alpha value is -1.91. The van der Waals surface area contributed by atoms with Crippen LogP contribution in [0, 0.1) is 5.82 Å². The summed E-state index contributed by atoms with van der Waals surface area (Å²) in [5.74, 6) is 1.27. The molecule has 0 aliphatic heterocycles. The molecule has 0 amide bonds. The summed E-state index contributed by atoms with van der Waals surface area (Å²) >= 11 is 0. The lowest BCUT2D eigenvalue weighted by Crippen LogP contribution is -1.99. The number of hydrogen-bond acceptors (Lipinski definition) is 3. The van der Waals surface area contributed by atoms with Crippen LogP contribution >= 0.6 is 0 Å². The molecule has 0 spiro atoms. The van der Waals surface area contributed by atoms with Gasteiger partial charge in [-0.1, -0.05) is 13.0 Å². The maximum absolute atomic E-state index is 13.9. The average molecular weight is 235 g/mol. The van der Waals surface area contributed by atoms with Gasteiger partial charge in [-0.15, -0.1) is 0 Å². The van der Waals surface area contributed by atoms with Crippen molar-refractivity contribution < 1.29 is 9.13 Å². The summed E-state index contributed by atoms with van der Waals surface area (Å²) in [4.78, 5) is 4.30. The monoisotopic (exact) mass is 235 g/mol. The van der Waals surface area contributed by atoms with Crippen molar-refractivity contribution in [2.45, 2.75) is 13.3 Å². The van der Waals surface area contributed by atoms with Crippen LogP contribution < -0.4 is 4.74 Å². The van der Waals surface area contributed by atoms with E-state index in [2.05, 4.69) is 10.1 Å². The van der Waals surface area contributed by atoms with Crippen LogP contribution in [0.4, 0.5) is 4.39 Å². The molecule has 0 aliphatic rings. The Labute approximate surface area is 99.1 Å². The third kappa shape index (κ3) is 2.00. The highest BCUT2D eigenvalue weighted by molar-refractivity contribution is 5.65. The van der Waals surface area contributed by atoms with E-state index in [0.717, 1.165) is 0 Å². The molecule has 1 aromatic heterocycles. The van der Waals surface area contributed by atoms with E-state index < -0.39 is 0 Å². The van der Waals surface area contributed by atoms with Crippen molar-refractivity contribution in [3.63, 3.8) is 0 Å². The molecule has 0 N–H and O–H groups in total. The van der Waals surface area contributed by atoms with Gasteiger partial charge >= 0.3 is 0 Å². The highest BCUT2D eigenvalue weighted by Gasteiger charge is 2.17. The Kier molecular flexibility index (Phi) is 3.08. The number of benzene rings is 1. The molecule has 0 bridgehead atoms. The van der Waals surface area contributed by atoms with Crippen molar-refractivity contribution in [3.05, 3.63) is 29.8 Å². The van der Waals surface area contributed by atoms with Gasteiger partial charge in [0.05, 0.1) is 12.7 Å². The lowest BCUT2D eigenvalue weighted by atomic mass is 10.1. The van der Waals surface area contributed by atoms with Crippen LogP contribution in [0.25, 0.3) is 11.4 Å². The van der Waals surface area contributed by atoms with Crippen molar-refractivity contribution in [2.24, 2.45) is 7.05 Å². The molecule has 0 fully saturated rings. The number of rotatable bonds is 3. The van der Waals surface area contributed by atoms with Gasteiger partial charge in [0.25, 0.3) is 0 Å². The van der Waals surface area contributed by atoms with Gasteiger partial charge in [-0.05, 0) is 12.1 Å². The van der Waals surface area contributed by atoms with Crippen LogP contribution in [0.2, 0.25) is 0 Å². The second kappa shape index (κ2) is 4.53. The van der Waals surface area contributed by atoms with Crippen molar-refractivity contribution in [3.8, 4) is 17.1 Å². The largest absolute Gasteiger partial charge is 0.496 e. The zero-order valence-electron chi connectivity index (χ0n) is 10.1. The van der Waals surface area contributed by atoms with Gasteiger partial charge in [0.1, 0.15) is 11.6 Å². The van der Waals surface area contributed by atoms with Gasteiger partial charge in [0.2, 0.25) is 0 Å². The summed E-state index contributed by atoms with van der Waals surface area (Å²) in [7, 11) is 3.25. The highest BCUT2D eigenvalue weighted by Crippen LogP contribution is 2.30. The van der Waals surface area contributed by atoms with Crippen LogP contribution in [0.3, 0.4) is 0 Å². The maximum atomic E-state index is 13.9. The number of aryl methyl sites for hydroxylation is 2. The molecule has 2 rings (SSSR count). The molecular formula is C12H14FN3O. The molecular weight excluding hydrogens is 221 g/mol. The molecule has 0 radical (unpaired) electrons. The number of methoxy groups -OCH3 is 1. The van der Waals surface area contributed by atoms with Gasteiger partial charge < -0.3 is 4.74 Å². The summed E-state index contributed by atoms with van der Waals surface area (Å²) in [6, 6.07) is 4.70. The lowest BCUT2D eigenvalue weighted by molar-refractivity contribution is 0.412. The fourth-order valence-corrected chi connectivity index (χ4v) is 1.70. The van der Waals surface area contributed by atoms with Crippen LogP contribution in [0.1, 0.15) is 12.7 Å². The zero-order valence-corrected chi connectivity index (χ0v) is 10.1. The van der Waals surface area contributed by atoms with E-state index in [0.29, 0.717) is 29.4 Å².